The zero-order chi connectivity index (χ0) is 6.78. The van der Waals surface area contributed by atoms with Gasteiger partial charge in [-0.1, -0.05) is 43.4 Å². The molecule has 0 rings (SSSR count). The van der Waals surface area contributed by atoms with E-state index in [2.05, 4.69) is 43.4 Å². The van der Waals surface area contributed by atoms with Crippen LogP contribution in [0.15, 0.2) is 0 Å². The van der Waals surface area contributed by atoms with Gasteiger partial charge in [-0.3, -0.25) is 0 Å². The van der Waals surface area contributed by atoms with Gasteiger partial charge < -0.3 is 5.73 Å². The van der Waals surface area contributed by atoms with Crippen molar-refractivity contribution in [1.29, 1.82) is 0 Å². The Bertz CT molecular complexity index is 65.4. The molecule has 1 unspecified atom stereocenters. The summed E-state index contributed by atoms with van der Waals surface area (Å²) in [6.07, 6.45) is 0. The van der Waals surface area contributed by atoms with Gasteiger partial charge in [0, 0.05) is 10.5 Å². The van der Waals surface area contributed by atoms with Crippen LogP contribution in [0.2, 0.25) is 0 Å². The van der Waals surface area contributed by atoms with Crippen molar-refractivity contribution in [1.82, 2.24) is 0 Å². The van der Waals surface area contributed by atoms with Crippen LogP contribution in [0, 0.1) is 5.41 Å². The molecule has 0 saturated carbocycles. The third-order valence-corrected chi connectivity index (χ3v) is 3.52. The van der Waals surface area contributed by atoms with Crippen LogP contribution in [0.4, 0.5) is 0 Å². The van der Waals surface area contributed by atoms with E-state index in [0.29, 0.717) is 9.34 Å². The van der Waals surface area contributed by atoms with Gasteiger partial charge in [-0.25, -0.2) is 0 Å². The average molecular weight is 227 g/mol. The number of alkyl halides is 1. The van der Waals surface area contributed by atoms with Crippen LogP contribution < -0.4 is 5.73 Å². The highest BCUT2D eigenvalue weighted by atomic mass is 127. The van der Waals surface area contributed by atoms with Gasteiger partial charge in [0.2, 0.25) is 0 Å². The number of hydrogen-bond acceptors (Lipinski definition) is 1. The highest BCUT2D eigenvalue weighted by Gasteiger charge is 2.19. The summed E-state index contributed by atoms with van der Waals surface area (Å²) in [5.41, 5.74) is 5.82. The third-order valence-electron chi connectivity index (χ3n) is 1.15. The lowest BCUT2D eigenvalue weighted by Gasteiger charge is -2.23. The molecule has 2 heteroatoms. The van der Waals surface area contributed by atoms with Crippen molar-refractivity contribution in [2.75, 3.05) is 6.54 Å². The van der Waals surface area contributed by atoms with E-state index in [9.17, 15) is 0 Å². The molecule has 0 aliphatic rings. The Kier molecular flexibility index (Phi) is 3.27. The molecule has 0 aromatic heterocycles. The fourth-order valence-electron chi connectivity index (χ4n) is 0.354. The molecule has 0 aromatic carbocycles. The second kappa shape index (κ2) is 3.01. The van der Waals surface area contributed by atoms with Crippen LogP contribution in [0.3, 0.4) is 0 Å². The molecule has 0 spiro atoms. The van der Waals surface area contributed by atoms with E-state index in [0.717, 1.165) is 6.54 Å². The number of halogens is 1. The quantitative estimate of drug-likeness (QED) is 0.536. The van der Waals surface area contributed by atoms with E-state index in [4.69, 9.17) is 5.73 Å². The maximum Gasteiger partial charge on any atom is 0.0281 e. The van der Waals surface area contributed by atoms with Crippen LogP contribution in [-0.2, 0) is 0 Å². The van der Waals surface area contributed by atoms with Crippen LogP contribution in [0.25, 0.3) is 0 Å². The minimum atomic E-state index is 0.370. The smallest absolute Gasteiger partial charge is 0.0281 e. The molecule has 0 aliphatic heterocycles. The molecule has 0 aromatic rings. The van der Waals surface area contributed by atoms with Gasteiger partial charge in [0.25, 0.3) is 0 Å². The monoisotopic (exact) mass is 227 g/mol. The molecule has 0 saturated heterocycles. The third kappa shape index (κ3) is 2.87. The molecule has 2 N–H and O–H groups in total. The van der Waals surface area contributed by atoms with Crippen molar-refractivity contribution in [3.63, 3.8) is 0 Å². The molecule has 0 aliphatic carbocycles. The van der Waals surface area contributed by atoms with E-state index in [1.54, 1.807) is 0 Å². The fraction of sp³-hybridized carbons (Fsp3) is 1.00. The van der Waals surface area contributed by atoms with Crippen molar-refractivity contribution in [3.8, 4) is 0 Å². The van der Waals surface area contributed by atoms with Crippen molar-refractivity contribution < 1.29 is 0 Å². The molecule has 1 atom stereocenters. The summed E-state index contributed by atoms with van der Waals surface area (Å²) < 4.78 is 0.597. The maximum atomic E-state index is 5.45. The zero-order valence-electron chi connectivity index (χ0n) is 5.74. The Morgan fingerprint density at radius 3 is 1.88 bits per heavy atom. The van der Waals surface area contributed by atoms with Gasteiger partial charge in [-0.05, 0) is 5.41 Å². The van der Waals surface area contributed by atoms with Crippen molar-refractivity contribution >= 4 is 22.6 Å². The Balaban J connectivity index is 3.62. The van der Waals surface area contributed by atoms with Gasteiger partial charge in [-0.15, -0.1) is 0 Å². The van der Waals surface area contributed by atoms with Crippen LogP contribution >= 0.6 is 22.6 Å². The van der Waals surface area contributed by atoms with Gasteiger partial charge in [0.05, 0.1) is 0 Å². The van der Waals surface area contributed by atoms with Crippen LogP contribution in [-0.4, -0.2) is 10.5 Å². The van der Waals surface area contributed by atoms with Gasteiger partial charge in [0.1, 0.15) is 0 Å². The van der Waals surface area contributed by atoms with E-state index in [1.807, 2.05) is 0 Å². The molecule has 0 bridgehead atoms. The van der Waals surface area contributed by atoms with Crippen molar-refractivity contribution in [2.45, 2.75) is 24.7 Å². The molecular weight excluding hydrogens is 213 g/mol. The minimum absolute atomic E-state index is 0.370. The predicted octanol–water partition coefficient (Wildman–Crippen LogP) is 1.79. The molecule has 0 amide bonds. The number of hydrogen-bond donors (Lipinski definition) is 1. The summed E-state index contributed by atoms with van der Waals surface area (Å²) >= 11 is 2.39. The van der Waals surface area contributed by atoms with E-state index in [1.165, 1.54) is 0 Å². The highest BCUT2D eigenvalue weighted by Crippen LogP contribution is 2.24. The second-order valence-corrected chi connectivity index (χ2v) is 4.57. The SMILES string of the molecule is CC(C)(C)C(I)CN. The lowest BCUT2D eigenvalue weighted by molar-refractivity contribution is 0.411. The largest absolute Gasteiger partial charge is 0.329 e. The van der Waals surface area contributed by atoms with Crippen LogP contribution in [0.5, 0.6) is 0 Å². The first-order valence-electron chi connectivity index (χ1n) is 2.82. The normalized spacial score (nSPS) is 16.1. The first kappa shape index (κ1) is 8.69. The molecule has 0 fully saturated rings. The predicted molar refractivity (Wildman–Crippen MR) is 46.3 cm³/mol. The first-order chi connectivity index (χ1) is 3.48. The minimum Gasteiger partial charge on any atom is -0.329 e. The number of rotatable bonds is 1. The molecule has 0 heterocycles. The Morgan fingerprint density at radius 2 is 1.88 bits per heavy atom. The summed E-state index contributed by atoms with van der Waals surface area (Å²) in [7, 11) is 0. The second-order valence-electron chi connectivity index (χ2n) is 3.07. The maximum absolute atomic E-state index is 5.45. The Morgan fingerprint density at radius 1 is 1.50 bits per heavy atom. The lowest BCUT2D eigenvalue weighted by Crippen LogP contribution is -2.27. The van der Waals surface area contributed by atoms with Gasteiger partial charge >= 0.3 is 0 Å². The van der Waals surface area contributed by atoms with Crippen molar-refractivity contribution in [2.24, 2.45) is 11.1 Å². The Labute approximate surface area is 65.2 Å². The standard InChI is InChI=1S/C6H14IN/c1-6(2,3)5(7)4-8/h5H,4,8H2,1-3H3. The van der Waals surface area contributed by atoms with Crippen molar-refractivity contribution in [3.05, 3.63) is 0 Å². The summed E-state index contributed by atoms with van der Waals surface area (Å²) in [6, 6.07) is 0. The highest BCUT2D eigenvalue weighted by molar-refractivity contribution is 14.1. The number of nitrogens with two attached hydrogens (primary N) is 1. The lowest BCUT2D eigenvalue weighted by atomic mass is 9.92. The van der Waals surface area contributed by atoms with Gasteiger partial charge in [-0.2, -0.15) is 0 Å². The summed E-state index contributed by atoms with van der Waals surface area (Å²) in [6.45, 7) is 7.40. The average Bonchev–Trinajstić information content (AvgIpc) is 1.62. The summed E-state index contributed by atoms with van der Waals surface area (Å²) in [5, 5.41) is 0. The topological polar surface area (TPSA) is 26.0 Å². The molecule has 8 heavy (non-hydrogen) atoms. The van der Waals surface area contributed by atoms with Crippen LogP contribution in [0.1, 0.15) is 20.8 Å². The molecule has 1 nitrogen and oxygen atoms in total. The molecule has 0 radical (unpaired) electrons. The Hall–Kier alpha value is 0.690. The van der Waals surface area contributed by atoms with Gasteiger partial charge in [0.15, 0.2) is 0 Å². The first-order valence-corrected chi connectivity index (χ1v) is 4.07. The summed E-state index contributed by atoms with van der Waals surface area (Å²) in [4.78, 5) is 0. The zero-order valence-corrected chi connectivity index (χ0v) is 7.90. The van der Waals surface area contributed by atoms with E-state index in [-0.39, 0.29) is 0 Å². The molecular formula is C6H14IN. The van der Waals surface area contributed by atoms with E-state index >= 15 is 0 Å². The fourth-order valence-corrected chi connectivity index (χ4v) is 0.354. The summed E-state index contributed by atoms with van der Waals surface area (Å²) in [5.74, 6) is 0. The van der Waals surface area contributed by atoms with E-state index < -0.39 is 0 Å². The molecule has 50 valence electrons.